The minimum absolute atomic E-state index is 0.0596. The first kappa shape index (κ1) is 27.9. The van der Waals surface area contributed by atoms with Crippen LogP contribution >= 0.6 is 15.9 Å². The number of carbonyl (C=O) groups is 2. The molecule has 39 heavy (non-hydrogen) atoms. The maximum absolute atomic E-state index is 15.2. The van der Waals surface area contributed by atoms with Crippen molar-refractivity contribution in [1.82, 2.24) is 10.2 Å². The molecule has 0 aliphatic heterocycles. The smallest absolute Gasteiger partial charge is 0.320 e. The molecule has 0 spiro atoms. The highest BCUT2D eigenvalue weighted by molar-refractivity contribution is 9.10. The van der Waals surface area contributed by atoms with Gasteiger partial charge < -0.3 is 20.9 Å². The van der Waals surface area contributed by atoms with Gasteiger partial charge in [-0.2, -0.15) is 0 Å². The van der Waals surface area contributed by atoms with Gasteiger partial charge in [-0.25, -0.2) is 13.6 Å². The molecule has 0 aliphatic carbocycles. The van der Waals surface area contributed by atoms with Crippen molar-refractivity contribution in [2.45, 2.75) is 12.6 Å². The second-order valence-corrected chi connectivity index (χ2v) is 10.1. The van der Waals surface area contributed by atoms with E-state index in [2.05, 4.69) is 31.9 Å². The van der Waals surface area contributed by atoms with Crippen molar-refractivity contribution < 1.29 is 18.4 Å². The Bertz CT molecular complexity index is 1480. The van der Waals surface area contributed by atoms with Crippen LogP contribution in [-0.2, 0) is 11.3 Å². The van der Waals surface area contributed by atoms with E-state index in [0.717, 1.165) is 15.6 Å². The van der Waals surface area contributed by atoms with Gasteiger partial charge in [-0.15, -0.1) is 0 Å². The van der Waals surface area contributed by atoms with E-state index in [9.17, 15) is 14.0 Å². The molecule has 0 aromatic heterocycles. The first-order valence-electron chi connectivity index (χ1n) is 12.1. The molecule has 0 aliphatic rings. The van der Waals surface area contributed by atoms with Crippen LogP contribution < -0.4 is 16.0 Å². The molecule has 9 heteroatoms. The number of amides is 3. The number of halogens is 3. The van der Waals surface area contributed by atoms with Crippen LogP contribution in [0.3, 0.4) is 0 Å². The second kappa shape index (κ2) is 12.6. The first-order chi connectivity index (χ1) is 18.7. The number of nitrogens with zero attached hydrogens (tertiary/aromatic N) is 1. The number of benzene rings is 4. The lowest BCUT2D eigenvalue weighted by Crippen LogP contribution is -2.39. The fourth-order valence-corrected chi connectivity index (χ4v) is 4.36. The maximum Gasteiger partial charge on any atom is 0.320 e. The van der Waals surface area contributed by atoms with Crippen LogP contribution in [0, 0.1) is 11.6 Å². The normalized spacial score (nSPS) is 11.6. The standard InChI is InChI=1S/C30H27BrF2N4O2/c1-37(2)18-20-7-3-4-8-23(20)19-11-16-27(26(33)17-19)35-29(38)28(24-9-5-6-10-25(24)32)36-30(39)34-22-14-12-21(31)13-15-22/h3-17,28H,18H2,1-2H3,(H,35,38)(H2,34,36,39). The van der Waals surface area contributed by atoms with E-state index in [-0.39, 0.29) is 11.3 Å². The predicted octanol–water partition coefficient (Wildman–Crippen LogP) is 6.96. The van der Waals surface area contributed by atoms with Gasteiger partial charge in [-0.1, -0.05) is 64.5 Å². The molecular formula is C30H27BrF2N4O2. The van der Waals surface area contributed by atoms with Crippen LogP contribution in [0.5, 0.6) is 0 Å². The van der Waals surface area contributed by atoms with E-state index in [1.54, 1.807) is 36.4 Å². The zero-order chi connectivity index (χ0) is 27.9. The molecule has 1 atom stereocenters. The summed E-state index contributed by atoms with van der Waals surface area (Å²) in [5, 5.41) is 7.61. The number of anilines is 2. The Balaban J connectivity index is 1.56. The number of hydrogen-bond acceptors (Lipinski definition) is 3. The largest absolute Gasteiger partial charge is 0.322 e. The number of hydrogen-bond donors (Lipinski definition) is 3. The minimum atomic E-state index is -1.43. The van der Waals surface area contributed by atoms with Gasteiger partial charge in [-0.05, 0) is 73.3 Å². The van der Waals surface area contributed by atoms with E-state index in [4.69, 9.17) is 0 Å². The van der Waals surface area contributed by atoms with Crippen molar-refractivity contribution in [3.63, 3.8) is 0 Å². The Labute approximate surface area is 234 Å². The van der Waals surface area contributed by atoms with E-state index in [1.165, 1.54) is 30.3 Å². The molecule has 0 radical (unpaired) electrons. The van der Waals surface area contributed by atoms with Crippen LogP contribution in [0.15, 0.2) is 95.5 Å². The van der Waals surface area contributed by atoms with Gasteiger partial charge in [0.05, 0.1) is 5.69 Å². The summed E-state index contributed by atoms with van der Waals surface area (Å²) in [6.45, 7) is 0.675. The third-order valence-electron chi connectivity index (χ3n) is 5.90. The number of urea groups is 1. The molecule has 1 unspecified atom stereocenters. The van der Waals surface area contributed by atoms with Crippen molar-refractivity contribution in [3.8, 4) is 11.1 Å². The molecule has 0 saturated heterocycles. The number of rotatable bonds is 8. The third-order valence-corrected chi connectivity index (χ3v) is 6.43. The summed E-state index contributed by atoms with van der Waals surface area (Å²) >= 11 is 3.32. The van der Waals surface area contributed by atoms with Gasteiger partial charge in [-0.3, -0.25) is 4.79 Å². The van der Waals surface area contributed by atoms with Gasteiger partial charge in [0.2, 0.25) is 0 Å². The number of nitrogens with one attached hydrogen (secondary N) is 3. The van der Waals surface area contributed by atoms with Crippen LogP contribution in [0.2, 0.25) is 0 Å². The summed E-state index contributed by atoms with van der Waals surface area (Å²) in [5.41, 5.74) is 2.87. The van der Waals surface area contributed by atoms with Crippen LogP contribution in [0.1, 0.15) is 17.2 Å². The van der Waals surface area contributed by atoms with E-state index in [0.29, 0.717) is 17.8 Å². The molecule has 0 saturated carbocycles. The Hall–Kier alpha value is -4.08. The Morgan fingerprint density at radius 1 is 0.846 bits per heavy atom. The average Bonchev–Trinajstić information content (AvgIpc) is 2.90. The summed E-state index contributed by atoms with van der Waals surface area (Å²) < 4.78 is 30.7. The summed E-state index contributed by atoms with van der Waals surface area (Å²) in [6, 6.07) is 22.4. The first-order valence-corrected chi connectivity index (χ1v) is 12.9. The molecule has 0 bridgehead atoms. The molecule has 3 amide bonds. The Morgan fingerprint density at radius 3 is 2.23 bits per heavy atom. The third kappa shape index (κ3) is 7.28. The topological polar surface area (TPSA) is 73.5 Å². The fraction of sp³-hybridized carbons (Fsp3) is 0.133. The lowest BCUT2D eigenvalue weighted by molar-refractivity contribution is -0.118. The zero-order valence-corrected chi connectivity index (χ0v) is 22.9. The lowest BCUT2D eigenvalue weighted by atomic mass is 9.99. The van der Waals surface area contributed by atoms with Gasteiger partial charge in [0, 0.05) is 22.3 Å². The molecule has 3 N–H and O–H groups in total. The highest BCUT2D eigenvalue weighted by atomic mass is 79.9. The highest BCUT2D eigenvalue weighted by Gasteiger charge is 2.26. The molecule has 200 valence electrons. The molecule has 0 heterocycles. The quantitative estimate of drug-likeness (QED) is 0.207. The fourth-order valence-electron chi connectivity index (χ4n) is 4.09. The molecular weight excluding hydrogens is 566 g/mol. The molecule has 6 nitrogen and oxygen atoms in total. The van der Waals surface area contributed by atoms with Gasteiger partial charge >= 0.3 is 6.03 Å². The van der Waals surface area contributed by atoms with Gasteiger partial charge in [0.15, 0.2) is 0 Å². The SMILES string of the molecule is CN(C)Cc1ccccc1-c1ccc(NC(=O)C(NC(=O)Nc2ccc(Br)cc2)c2ccccc2F)c(F)c1. The Kier molecular flexibility index (Phi) is 9.06. The maximum atomic E-state index is 15.2. The molecule has 4 aromatic carbocycles. The van der Waals surface area contributed by atoms with Crippen molar-refractivity contribution in [2.24, 2.45) is 0 Å². The zero-order valence-electron chi connectivity index (χ0n) is 21.3. The number of carbonyl (C=O) groups excluding carboxylic acids is 2. The molecule has 4 aromatic rings. The summed E-state index contributed by atoms with van der Waals surface area (Å²) in [7, 11) is 3.91. The van der Waals surface area contributed by atoms with E-state index >= 15 is 4.39 Å². The molecule has 0 fully saturated rings. The van der Waals surface area contributed by atoms with Crippen molar-refractivity contribution in [2.75, 3.05) is 24.7 Å². The van der Waals surface area contributed by atoms with E-state index in [1.807, 2.05) is 43.3 Å². The van der Waals surface area contributed by atoms with Crippen molar-refractivity contribution >= 4 is 39.2 Å². The van der Waals surface area contributed by atoms with Crippen LogP contribution in [0.25, 0.3) is 11.1 Å². The second-order valence-electron chi connectivity index (χ2n) is 9.14. The van der Waals surface area contributed by atoms with Crippen LogP contribution in [0.4, 0.5) is 25.0 Å². The van der Waals surface area contributed by atoms with Crippen molar-refractivity contribution in [1.29, 1.82) is 0 Å². The predicted molar refractivity (Wildman–Crippen MR) is 153 cm³/mol. The minimum Gasteiger partial charge on any atom is -0.322 e. The lowest BCUT2D eigenvalue weighted by Gasteiger charge is -2.20. The monoisotopic (exact) mass is 592 g/mol. The van der Waals surface area contributed by atoms with Crippen molar-refractivity contribution in [3.05, 3.63) is 118 Å². The summed E-state index contributed by atoms with van der Waals surface area (Å²) in [5.74, 6) is -2.15. The highest BCUT2D eigenvalue weighted by Crippen LogP contribution is 2.29. The van der Waals surface area contributed by atoms with E-state index < -0.39 is 29.6 Å². The van der Waals surface area contributed by atoms with Gasteiger partial charge in [0.25, 0.3) is 5.91 Å². The van der Waals surface area contributed by atoms with Crippen LogP contribution in [-0.4, -0.2) is 30.9 Å². The summed E-state index contributed by atoms with van der Waals surface area (Å²) in [4.78, 5) is 28.0. The Morgan fingerprint density at radius 2 is 1.54 bits per heavy atom. The van der Waals surface area contributed by atoms with Gasteiger partial charge in [0.1, 0.15) is 17.7 Å². The molecule has 4 rings (SSSR count). The summed E-state index contributed by atoms with van der Waals surface area (Å²) in [6.07, 6.45) is 0. The average molecular weight is 593 g/mol.